The number of amides is 1. The van der Waals surface area contributed by atoms with Crippen LogP contribution in [0.5, 0.6) is 0 Å². The van der Waals surface area contributed by atoms with Crippen LogP contribution in [-0.4, -0.2) is 29.6 Å². The molecule has 3 nitrogen and oxygen atoms in total. The van der Waals surface area contributed by atoms with Crippen molar-refractivity contribution in [3.63, 3.8) is 0 Å². The van der Waals surface area contributed by atoms with Crippen molar-refractivity contribution in [2.45, 2.75) is 45.4 Å². The molecule has 19 heavy (non-hydrogen) atoms. The normalized spacial score (nSPS) is 14.7. The highest BCUT2D eigenvalue weighted by atomic mass is 19.1. The fourth-order valence-electron chi connectivity index (χ4n) is 1.96. The highest BCUT2D eigenvalue weighted by Gasteiger charge is 2.32. The highest BCUT2D eigenvalue weighted by Crippen LogP contribution is 2.28. The van der Waals surface area contributed by atoms with Crippen LogP contribution in [0.25, 0.3) is 0 Å². The second-order valence-electron chi connectivity index (χ2n) is 5.24. The standard InChI is InChI=1S/C15H20FNO2/c1-11(2)19-10-15(18)17(14-6-7-14)9-12-4-3-5-13(16)8-12/h3-5,8,11,14H,6-7,9-10H2,1-2H3. The number of carbonyl (C=O) groups is 1. The first kappa shape index (κ1) is 14.0. The molecule has 0 radical (unpaired) electrons. The molecular weight excluding hydrogens is 245 g/mol. The smallest absolute Gasteiger partial charge is 0.249 e. The van der Waals surface area contributed by atoms with Gasteiger partial charge in [0.05, 0.1) is 6.10 Å². The number of hydrogen-bond donors (Lipinski definition) is 0. The second-order valence-corrected chi connectivity index (χ2v) is 5.24. The minimum Gasteiger partial charge on any atom is -0.369 e. The Bertz CT molecular complexity index is 444. The number of carbonyl (C=O) groups excluding carboxylic acids is 1. The zero-order chi connectivity index (χ0) is 13.8. The molecule has 0 spiro atoms. The summed E-state index contributed by atoms with van der Waals surface area (Å²) in [6, 6.07) is 6.70. The van der Waals surface area contributed by atoms with Crippen molar-refractivity contribution < 1.29 is 13.9 Å². The molecule has 0 N–H and O–H groups in total. The van der Waals surface area contributed by atoms with Crippen LogP contribution in [0, 0.1) is 5.82 Å². The summed E-state index contributed by atoms with van der Waals surface area (Å²) in [5, 5.41) is 0. The van der Waals surface area contributed by atoms with E-state index in [2.05, 4.69) is 0 Å². The van der Waals surface area contributed by atoms with Gasteiger partial charge in [0.1, 0.15) is 12.4 Å². The maximum Gasteiger partial charge on any atom is 0.249 e. The molecule has 1 fully saturated rings. The van der Waals surface area contributed by atoms with Crippen LogP contribution < -0.4 is 0 Å². The number of ether oxygens (including phenoxy) is 1. The molecule has 4 heteroatoms. The van der Waals surface area contributed by atoms with E-state index in [4.69, 9.17) is 4.74 Å². The predicted molar refractivity (Wildman–Crippen MR) is 71.1 cm³/mol. The summed E-state index contributed by atoms with van der Waals surface area (Å²) in [4.78, 5) is 13.9. The zero-order valence-corrected chi connectivity index (χ0v) is 11.4. The van der Waals surface area contributed by atoms with Crippen LogP contribution in [0.15, 0.2) is 24.3 Å². The van der Waals surface area contributed by atoms with Gasteiger partial charge in [-0.15, -0.1) is 0 Å². The number of benzene rings is 1. The Kier molecular flexibility index (Phi) is 4.53. The van der Waals surface area contributed by atoms with Crippen molar-refractivity contribution in [1.82, 2.24) is 4.90 Å². The summed E-state index contributed by atoms with van der Waals surface area (Å²) in [6.45, 7) is 4.37. The van der Waals surface area contributed by atoms with Gasteiger partial charge in [0.25, 0.3) is 0 Å². The molecule has 1 amide bonds. The summed E-state index contributed by atoms with van der Waals surface area (Å²) >= 11 is 0. The fraction of sp³-hybridized carbons (Fsp3) is 0.533. The molecule has 0 heterocycles. The Labute approximate surface area is 113 Å². The number of halogens is 1. The van der Waals surface area contributed by atoms with E-state index in [0.717, 1.165) is 18.4 Å². The molecular formula is C15H20FNO2. The van der Waals surface area contributed by atoms with Crippen molar-refractivity contribution in [3.8, 4) is 0 Å². The molecule has 1 aromatic rings. The third-order valence-electron chi connectivity index (χ3n) is 3.09. The summed E-state index contributed by atoms with van der Waals surface area (Å²) in [7, 11) is 0. The predicted octanol–water partition coefficient (Wildman–Crippen LogP) is 2.74. The lowest BCUT2D eigenvalue weighted by atomic mass is 10.2. The first-order chi connectivity index (χ1) is 9.06. The van der Waals surface area contributed by atoms with E-state index in [1.54, 1.807) is 11.0 Å². The van der Waals surface area contributed by atoms with Crippen LogP contribution in [0.2, 0.25) is 0 Å². The first-order valence-corrected chi connectivity index (χ1v) is 6.72. The third kappa shape index (κ3) is 4.31. The minimum atomic E-state index is -0.265. The third-order valence-corrected chi connectivity index (χ3v) is 3.09. The van der Waals surface area contributed by atoms with Crippen LogP contribution in [-0.2, 0) is 16.1 Å². The summed E-state index contributed by atoms with van der Waals surface area (Å²) in [6.07, 6.45) is 2.10. The van der Waals surface area contributed by atoms with Gasteiger partial charge in [-0.05, 0) is 44.4 Å². The maximum absolute atomic E-state index is 13.2. The fourth-order valence-corrected chi connectivity index (χ4v) is 1.96. The molecule has 0 aromatic heterocycles. The van der Waals surface area contributed by atoms with Gasteiger partial charge in [-0.2, -0.15) is 0 Å². The summed E-state index contributed by atoms with van der Waals surface area (Å²) in [5.74, 6) is -0.278. The molecule has 0 aliphatic heterocycles. The Morgan fingerprint density at radius 2 is 2.21 bits per heavy atom. The first-order valence-electron chi connectivity index (χ1n) is 6.72. The van der Waals surface area contributed by atoms with Gasteiger partial charge in [-0.1, -0.05) is 12.1 Å². The van der Waals surface area contributed by atoms with Crippen LogP contribution in [0.1, 0.15) is 32.3 Å². The SMILES string of the molecule is CC(C)OCC(=O)N(Cc1cccc(F)c1)C1CC1. The zero-order valence-electron chi connectivity index (χ0n) is 11.4. The van der Waals surface area contributed by atoms with Gasteiger partial charge < -0.3 is 9.64 Å². The van der Waals surface area contributed by atoms with Gasteiger partial charge in [0.15, 0.2) is 0 Å². The van der Waals surface area contributed by atoms with Gasteiger partial charge in [-0.3, -0.25) is 4.79 Å². The maximum atomic E-state index is 13.2. The highest BCUT2D eigenvalue weighted by molar-refractivity contribution is 5.78. The monoisotopic (exact) mass is 265 g/mol. The van der Waals surface area contributed by atoms with Crippen molar-refractivity contribution >= 4 is 5.91 Å². The minimum absolute atomic E-state index is 0.0135. The van der Waals surface area contributed by atoms with Crippen LogP contribution >= 0.6 is 0 Å². The van der Waals surface area contributed by atoms with Gasteiger partial charge in [-0.25, -0.2) is 4.39 Å². The van der Waals surface area contributed by atoms with E-state index < -0.39 is 0 Å². The van der Waals surface area contributed by atoms with Crippen molar-refractivity contribution in [2.24, 2.45) is 0 Å². The molecule has 1 aliphatic carbocycles. The van der Waals surface area contributed by atoms with E-state index in [-0.39, 0.29) is 24.4 Å². The number of nitrogens with zero attached hydrogens (tertiary/aromatic N) is 1. The lowest BCUT2D eigenvalue weighted by molar-refractivity contribution is -0.138. The topological polar surface area (TPSA) is 29.5 Å². The average Bonchev–Trinajstić information content (AvgIpc) is 3.17. The molecule has 1 aliphatic rings. The van der Waals surface area contributed by atoms with E-state index in [0.29, 0.717) is 12.6 Å². The second kappa shape index (κ2) is 6.15. The van der Waals surface area contributed by atoms with E-state index in [1.165, 1.54) is 12.1 Å². The van der Waals surface area contributed by atoms with Gasteiger partial charge in [0, 0.05) is 12.6 Å². The van der Waals surface area contributed by atoms with Gasteiger partial charge in [0.2, 0.25) is 5.91 Å². The average molecular weight is 265 g/mol. The largest absolute Gasteiger partial charge is 0.369 e. The molecule has 0 unspecified atom stereocenters. The molecule has 0 saturated heterocycles. The van der Waals surface area contributed by atoms with E-state index in [9.17, 15) is 9.18 Å². The Morgan fingerprint density at radius 3 is 2.79 bits per heavy atom. The quantitative estimate of drug-likeness (QED) is 0.791. The van der Waals surface area contributed by atoms with Crippen molar-refractivity contribution in [2.75, 3.05) is 6.61 Å². The lowest BCUT2D eigenvalue weighted by Gasteiger charge is -2.23. The molecule has 0 bridgehead atoms. The molecule has 0 atom stereocenters. The van der Waals surface area contributed by atoms with E-state index in [1.807, 2.05) is 19.9 Å². The molecule has 104 valence electrons. The van der Waals surface area contributed by atoms with E-state index >= 15 is 0 Å². The Morgan fingerprint density at radius 1 is 1.47 bits per heavy atom. The van der Waals surface area contributed by atoms with Crippen LogP contribution in [0.4, 0.5) is 4.39 Å². The summed E-state index contributed by atoms with van der Waals surface area (Å²) < 4.78 is 18.5. The molecule has 2 rings (SSSR count). The van der Waals surface area contributed by atoms with Gasteiger partial charge >= 0.3 is 0 Å². The van der Waals surface area contributed by atoms with Crippen LogP contribution in [0.3, 0.4) is 0 Å². The number of rotatable bonds is 6. The Balaban J connectivity index is 1.98. The van der Waals surface area contributed by atoms with Crippen molar-refractivity contribution in [3.05, 3.63) is 35.6 Å². The summed E-state index contributed by atoms with van der Waals surface area (Å²) in [5.41, 5.74) is 0.824. The lowest BCUT2D eigenvalue weighted by Crippen LogP contribution is -2.36. The Hall–Kier alpha value is -1.42. The molecule has 1 saturated carbocycles. The molecule has 1 aromatic carbocycles. The number of hydrogen-bond acceptors (Lipinski definition) is 2. The van der Waals surface area contributed by atoms with Crippen molar-refractivity contribution in [1.29, 1.82) is 0 Å².